The number of Topliss-reactive ketones (excluding diaryl/α,β-unsaturated/α-hetero) is 1. The molecule has 0 saturated carbocycles. The molecule has 0 fully saturated rings. The zero-order valence-corrected chi connectivity index (χ0v) is 12.4. The van der Waals surface area contributed by atoms with Crippen LogP contribution in [0, 0.1) is 0 Å². The predicted molar refractivity (Wildman–Crippen MR) is 78.4 cm³/mol. The molecule has 0 aliphatic carbocycles. The van der Waals surface area contributed by atoms with Crippen LogP contribution < -0.4 is 0 Å². The van der Waals surface area contributed by atoms with Crippen LogP contribution in [0.25, 0.3) is 0 Å². The van der Waals surface area contributed by atoms with Crippen LogP contribution in [-0.4, -0.2) is 16.5 Å². The summed E-state index contributed by atoms with van der Waals surface area (Å²) in [5.41, 5.74) is 0.666. The number of carbonyl (C=O) groups is 1. The van der Waals surface area contributed by atoms with Crippen molar-refractivity contribution in [3.63, 3.8) is 0 Å². The Hall–Kier alpha value is -0.840. The molecule has 0 atom stereocenters. The van der Waals surface area contributed by atoms with Crippen LogP contribution in [-0.2, 0) is 0 Å². The summed E-state index contributed by atoms with van der Waals surface area (Å²) in [6.45, 7) is 0. The van der Waals surface area contributed by atoms with E-state index in [1.54, 1.807) is 30.5 Å². The fraction of sp³-hybridized carbons (Fsp3) is 0.0769. The predicted octanol–water partition coefficient (Wildman–Crippen LogP) is 4.47. The summed E-state index contributed by atoms with van der Waals surface area (Å²) in [6, 6.07) is 10.7. The van der Waals surface area contributed by atoms with Gasteiger partial charge in [0.25, 0.3) is 0 Å². The van der Waals surface area contributed by atoms with E-state index in [2.05, 4.69) is 20.9 Å². The minimum absolute atomic E-state index is 0.0641. The summed E-state index contributed by atoms with van der Waals surface area (Å²) in [7, 11) is 0. The molecule has 1 heterocycles. The van der Waals surface area contributed by atoms with Crippen LogP contribution in [0.4, 0.5) is 0 Å². The Kier molecular flexibility index (Phi) is 4.80. The molecule has 92 valence electrons. The summed E-state index contributed by atoms with van der Waals surface area (Å²) in [5, 5.41) is 1.45. The van der Waals surface area contributed by atoms with Gasteiger partial charge in [0.1, 0.15) is 5.03 Å². The summed E-state index contributed by atoms with van der Waals surface area (Å²) >= 11 is 10.6. The van der Waals surface area contributed by atoms with Crippen molar-refractivity contribution in [3.05, 3.63) is 57.7 Å². The molecular weight excluding hydrogens is 334 g/mol. The van der Waals surface area contributed by atoms with Gasteiger partial charge in [0, 0.05) is 21.3 Å². The van der Waals surface area contributed by atoms with Gasteiger partial charge in [0.15, 0.2) is 5.78 Å². The molecule has 2 aromatic rings. The lowest BCUT2D eigenvalue weighted by Gasteiger charge is -2.03. The average Bonchev–Trinajstić information content (AvgIpc) is 2.38. The number of pyridine rings is 1. The van der Waals surface area contributed by atoms with Crippen LogP contribution in [0.3, 0.4) is 0 Å². The largest absolute Gasteiger partial charge is 0.293 e. The number of hydrogen-bond acceptors (Lipinski definition) is 3. The number of ketones is 1. The van der Waals surface area contributed by atoms with E-state index in [0.717, 1.165) is 9.50 Å². The third-order valence-corrected chi connectivity index (χ3v) is 4.39. The topological polar surface area (TPSA) is 30.0 Å². The molecule has 0 spiro atoms. The van der Waals surface area contributed by atoms with Gasteiger partial charge in [-0.2, -0.15) is 0 Å². The number of carbonyl (C=O) groups excluding carboxylic acids is 1. The van der Waals surface area contributed by atoms with Crippen LogP contribution >= 0.6 is 39.3 Å². The van der Waals surface area contributed by atoms with Crippen molar-refractivity contribution in [2.45, 2.75) is 5.03 Å². The SMILES string of the molecule is O=C(CSc1ncccc1Br)c1ccc(Cl)cc1. The van der Waals surface area contributed by atoms with Crippen molar-refractivity contribution in [2.24, 2.45) is 0 Å². The van der Waals surface area contributed by atoms with Crippen LogP contribution in [0.2, 0.25) is 5.02 Å². The van der Waals surface area contributed by atoms with E-state index in [4.69, 9.17) is 11.6 Å². The molecule has 18 heavy (non-hydrogen) atoms. The Balaban J connectivity index is 2.01. The smallest absolute Gasteiger partial charge is 0.173 e. The molecule has 5 heteroatoms. The second kappa shape index (κ2) is 6.36. The molecule has 0 N–H and O–H groups in total. The number of aromatic nitrogens is 1. The highest BCUT2D eigenvalue weighted by atomic mass is 79.9. The fourth-order valence-corrected chi connectivity index (χ4v) is 2.83. The standard InChI is InChI=1S/C13H9BrClNOS/c14-11-2-1-7-16-13(11)18-8-12(17)9-3-5-10(15)6-4-9/h1-7H,8H2. The van der Waals surface area contributed by atoms with E-state index in [9.17, 15) is 4.79 Å². The zero-order chi connectivity index (χ0) is 13.0. The molecule has 0 saturated heterocycles. The number of hydrogen-bond donors (Lipinski definition) is 0. The second-order valence-electron chi connectivity index (χ2n) is 3.51. The maximum Gasteiger partial charge on any atom is 0.173 e. The Labute approximate surface area is 123 Å². The monoisotopic (exact) mass is 341 g/mol. The third kappa shape index (κ3) is 3.57. The lowest BCUT2D eigenvalue weighted by atomic mass is 10.1. The van der Waals surface area contributed by atoms with E-state index >= 15 is 0 Å². The Morgan fingerprint density at radius 3 is 2.67 bits per heavy atom. The van der Waals surface area contributed by atoms with Crippen molar-refractivity contribution in [1.29, 1.82) is 0 Å². The van der Waals surface area contributed by atoms with Crippen molar-refractivity contribution in [3.8, 4) is 0 Å². The lowest BCUT2D eigenvalue weighted by Crippen LogP contribution is -2.02. The van der Waals surface area contributed by atoms with Crippen LogP contribution in [0.15, 0.2) is 52.1 Å². The molecule has 0 aliphatic rings. The first-order valence-electron chi connectivity index (χ1n) is 5.19. The van der Waals surface area contributed by atoms with Gasteiger partial charge in [-0.3, -0.25) is 4.79 Å². The molecule has 0 bridgehead atoms. The van der Waals surface area contributed by atoms with Gasteiger partial charge in [-0.05, 0) is 52.3 Å². The Morgan fingerprint density at radius 1 is 1.28 bits per heavy atom. The lowest BCUT2D eigenvalue weighted by molar-refractivity contribution is 0.102. The molecule has 0 aliphatic heterocycles. The van der Waals surface area contributed by atoms with Gasteiger partial charge >= 0.3 is 0 Å². The second-order valence-corrected chi connectivity index (χ2v) is 5.76. The molecule has 1 aromatic carbocycles. The summed E-state index contributed by atoms with van der Waals surface area (Å²) in [4.78, 5) is 16.1. The molecule has 2 rings (SSSR count). The first-order chi connectivity index (χ1) is 8.66. The Bertz CT molecular complexity index is 559. The molecule has 0 unspecified atom stereocenters. The van der Waals surface area contributed by atoms with E-state index in [1.807, 2.05) is 12.1 Å². The average molecular weight is 343 g/mol. The van der Waals surface area contributed by atoms with E-state index in [0.29, 0.717) is 16.3 Å². The molecule has 0 amide bonds. The number of thioether (sulfide) groups is 1. The van der Waals surface area contributed by atoms with Gasteiger partial charge in [0.2, 0.25) is 0 Å². The van der Waals surface area contributed by atoms with E-state index in [1.165, 1.54) is 11.8 Å². The van der Waals surface area contributed by atoms with Gasteiger partial charge in [-0.25, -0.2) is 4.98 Å². The van der Waals surface area contributed by atoms with Crippen LogP contribution in [0.1, 0.15) is 10.4 Å². The fourth-order valence-electron chi connectivity index (χ4n) is 1.33. The van der Waals surface area contributed by atoms with Gasteiger partial charge in [0.05, 0.1) is 5.75 Å². The van der Waals surface area contributed by atoms with Gasteiger partial charge in [-0.1, -0.05) is 23.4 Å². The summed E-state index contributed by atoms with van der Waals surface area (Å²) < 4.78 is 0.902. The molecular formula is C13H9BrClNOS. The normalized spacial score (nSPS) is 10.3. The minimum Gasteiger partial charge on any atom is -0.293 e. The van der Waals surface area contributed by atoms with Gasteiger partial charge in [-0.15, -0.1) is 0 Å². The maximum atomic E-state index is 11.9. The van der Waals surface area contributed by atoms with E-state index in [-0.39, 0.29) is 5.78 Å². The number of benzene rings is 1. The number of halogens is 2. The summed E-state index contributed by atoms with van der Waals surface area (Å²) in [5.74, 6) is 0.422. The zero-order valence-electron chi connectivity index (χ0n) is 9.27. The number of nitrogens with zero attached hydrogens (tertiary/aromatic N) is 1. The first-order valence-corrected chi connectivity index (χ1v) is 7.34. The number of rotatable bonds is 4. The Morgan fingerprint density at radius 2 is 2.00 bits per heavy atom. The highest BCUT2D eigenvalue weighted by molar-refractivity contribution is 9.10. The third-order valence-electron chi connectivity index (χ3n) is 2.23. The molecule has 2 nitrogen and oxygen atoms in total. The van der Waals surface area contributed by atoms with Gasteiger partial charge < -0.3 is 0 Å². The highest BCUT2D eigenvalue weighted by Gasteiger charge is 2.08. The van der Waals surface area contributed by atoms with Crippen molar-refractivity contribution >= 4 is 45.1 Å². The van der Waals surface area contributed by atoms with Crippen molar-refractivity contribution in [2.75, 3.05) is 5.75 Å². The van der Waals surface area contributed by atoms with E-state index < -0.39 is 0 Å². The first kappa shape index (κ1) is 13.6. The molecule has 1 aromatic heterocycles. The maximum absolute atomic E-state index is 11.9. The summed E-state index contributed by atoms with van der Waals surface area (Å²) in [6.07, 6.45) is 1.71. The van der Waals surface area contributed by atoms with Crippen molar-refractivity contribution in [1.82, 2.24) is 4.98 Å². The molecule has 0 radical (unpaired) electrons. The minimum atomic E-state index is 0.0641. The van der Waals surface area contributed by atoms with Crippen molar-refractivity contribution < 1.29 is 4.79 Å². The highest BCUT2D eigenvalue weighted by Crippen LogP contribution is 2.25. The van der Waals surface area contributed by atoms with Crippen LogP contribution in [0.5, 0.6) is 0 Å². The quantitative estimate of drug-likeness (QED) is 0.606.